The third-order valence-corrected chi connectivity index (χ3v) is 9.91. The zero-order chi connectivity index (χ0) is 28.8. The van der Waals surface area contributed by atoms with Gasteiger partial charge in [-0.15, -0.1) is 11.3 Å². The van der Waals surface area contributed by atoms with Gasteiger partial charge >= 0.3 is 7.48 Å². The van der Waals surface area contributed by atoms with Crippen LogP contribution < -0.4 is 5.46 Å². The number of pyridine rings is 1. The molecule has 0 spiro atoms. The van der Waals surface area contributed by atoms with Crippen molar-refractivity contribution >= 4 is 88.2 Å². The first-order valence-electron chi connectivity index (χ1n) is 14.1. The number of furan rings is 1. The molecule has 7 heteroatoms. The second-order valence-corrected chi connectivity index (χ2v) is 13.1. The summed E-state index contributed by atoms with van der Waals surface area (Å²) in [4.78, 5) is 4.40. The molecule has 0 aliphatic rings. The van der Waals surface area contributed by atoms with E-state index in [1.807, 2.05) is 31.3 Å². The smallest absolute Gasteiger partial charge is 0.333 e. The van der Waals surface area contributed by atoms with Gasteiger partial charge in [-0.05, 0) is 75.6 Å². The maximum absolute atomic E-state index is 10.6. The number of hydrogen-bond donors (Lipinski definition) is 1. The Labute approximate surface area is 247 Å². The molecule has 8 aromatic rings. The number of aromatic nitrogens is 2. The lowest BCUT2D eigenvalue weighted by Crippen LogP contribution is -2.49. The summed E-state index contributed by atoms with van der Waals surface area (Å²) in [6.45, 7) is 7.24. The lowest BCUT2D eigenvalue weighted by atomic mass is 9.81. The SMILES string of the molecule is CC(C)(O)C(C)(C)O[B]c1cncc2oc3ccc(-n4c5ccccc5c5cc6c(cc54)sc4ccccc46)cc3c12. The number of benzene rings is 4. The van der Waals surface area contributed by atoms with Crippen LogP contribution in [0.4, 0.5) is 0 Å². The molecule has 4 aromatic heterocycles. The van der Waals surface area contributed by atoms with Gasteiger partial charge in [0.1, 0.15) is 5.58 Å². The van der Waals surface area contributed by atoms with E-state index in [-0.39, 0.29) is 0 Å². The van der Waals surface area contributed by atoms with Crippen molar-refractivity contribution in [3.8, 4) is 5.69 Å². The maximum atomic E-state index is 10.6. The normalized spacial score (nSPS) is 13.0. The fourth-order valence-corrected chi connectivity index (χ4v) is 6.91. The Morgan fingerprint density at radius 1 is 0.762 bits per heavy atom. The van der Waals surface area contributed by atoms with Gasteiger partial charge in [0.2, 0.25) is 0 Å². The number of fused-ring (bicyclic) bond motifs is 9. The highest BCUT2D eigenvalue weighted by atomic mass is 32.1. The van der Waals surface area contributed by atoms with Gasteiger partial charge in [-0.1, -0.05) is 36.4 Å². The first-order valence-corrected chi connectivity index (χ1v) is 14.9. The Hall–Kier alpha value is -4.17. The number of nitrogens with zero attached hydrogens (tertiary/aromatic N) is 2. The molecule has 0 bridgehead atoms. The first kappa shape index (κ1) is 25.5. The molecule has 1 N–H and O–H groups in total. The number of rotatable bonds is 5. The minimum atomic E-state index is -1.03. The van der Waals surface area contributed by atoms with Crippen LogP contribution in [0.3, 0.4) is 0 Å². The summed E-state index contributed by atoms with van der Waals surface area (Å²) in [5, 5.41) is 17.6. The van der Waals surface area contributed by atoms with Crippen molar-refractivity contribution in [2.45, 2.75) is 38.9 Å². The Bertz CT molecular complexity index is 2340. The van der Waals surface area contributed by atoms with Gasteiger partial charge in [-0.3, -0.25) is 4.98 Å². The average Bonchev–Trinajstić information content (AvgIpc) is 3.63. The summed E-state index contributed by atoms with van der Waals surface area (Å²) in [6.07, 6.45) is 3.52. The monoisotopic (exact) mass is 567 g/mol. The predicted octanol–water partition coefficient (Wildman–Crippen LogP) is 8.26. The second kappa shape index (κ2) is 8.92. The van der Waals surface area contributed by atoms with Crippen LogP contribution in [0.15, 0.2) is 95.7 Å². The van der Waals surface area contributed by atoms with E-state index in [0.717, 1.165) is 33.0 Å². The molecule has 0 aliphatic carbocycles. The third-order valence-electron chi connectivity index (χ3n) is 8.78. The third kappa shape index (κ3) is 3.74. The highest BCUT2D eigenvalue weighted by Crippen LogP contribution is 2.41. The molecule has 0 amide bonds. The maximum Gasteiger partial charge on any atom is 0.333 e. The number of thiophene rings is 1. The van der Waals surface area contributed by atoms with Crippen molar-refractivity contribution < 1.29 is 14.2 Å². The summed E-state index contributed by atoms with van der Waals surface area (Å²) in [6, 6.07) is 28.3. The molecule has 0 saturated heterocycles. The standard InChI is InChI=1S/C35H28BN2O3S/c1-34(2,39)35(3,4)41-36-26-18-37-19-30-33(26)25-15-20(13-14-29(25)40-30)38-27-11-7-5-9-21(27)23-16-24-22-10-6-8-12-31(22)42-32(24)17-28(23)38/h5-19,39H,1-4H3. The minimum absolute atomic E-state index is 0.690. The zero-order valence-corrected chi connectivity index (χ0v) is 24.6. The summed E-state index contributed by atoms with van der Waals surface area (Å²) in [5.41, 5.74) is 3.82. The molecule has 0 unspecified atom stereocenters. The van der Waals surface area contributed by atoms with Gasteiger partial charge < -0.3 is 18.7 Å². The van der Waals surface area contributed by atoms with Crippen molar-refractivity contribution in [2.75, 3.05) is 0 Å². The average molecular weight is 567 g/mol. The molecule has 1 radical (unpaired) electrons. The molecule has 4 heterocycles. The second-order valence-electron chi connectivity index (χ2n) is 12.0. The van der Waals surface area contributed by atoms with Crippen molar-refractivity contribution in [3.05, 3.63) is 91.3 Å². The summed E-state index contributed by atoms with van der Waals surface area (Å²) < 4.78 is 17.3. The number of hydrogen-bond acceptors (Lipinski definition) is 5. The van der Waals surface area contributed by atoms with Crippen LogP contribution in [0.2, 0.25) is 0 Å². The van der Waals surface area contributed by atoms with Crippen molar-refractivity contribution in [1.29, 1.82) is 0 Å². The van der Waals surface area contributed by atoms with E-state index in [1.54, 1.807) is 33.7 Å². The molecule has 5 nitrogen and oxygen atoms in total. The van der Waals surface area contributed by atoms with Crippen molar-refractivity contribution in [3.63, 3.8) is 0 Å². The molecular formula is C35H28BN2O3S. The Balaban J connectivity index is 1.35. The Morgan fingerprint density at radius 2 is 1.55 bits per heavy atom. The van der Waals surface area contributed by atoms with E-state index in [2.05, 4.69) is 82.3 Å². The van der Waals surface area contributed by atoms with Crippen molar-refractivity contribution in [1.82, 2.24) is 9.55 Å². The van der Waals surface area contributed by atoms with E-state index >= 15 is 0 Å². The highest BCUT2D eigenvalue weighted by molar-refractivity contribution is 7.25. The molecule has 8 rings (SSSR count). The summed E-state index contributed by atoms with van der Waals surface area (Å²) >= 11 is 1.84. The van der Waals surface area contributed by atoms with Crippen LogP contribution in [-0.4, -0.2) is 33.3 Å². The van der Waals surface area contributed by atoms with E-state index in [1.165, 1.54) is 36.5 Å². The van der Waals surface area contributed by atoms with Crippen molar-refractivity contribution in [2.24, 2.45) is 0 Å². The van der Waals surface area contributed by atoms with Gasteiger partial charge in [-0.2, -0.15) is 0 Å². The molecule has 0 aliphatic heterocycles. The van der Waals surface area contributed by atoms with E-state index in [9.17, 15) is 5.11 Å². The van der Waals surface area contributed by atoms with Crippen LogP contribution >= 0.6 is 11.3 Å². The summed E-state index contributed by atoms with van der Waals surface area (Å²) in [5.74, 6) is 0. The highest BCUT2D eigenvalue weighted by Gasteiger charge is 2.36. The predicted molar refractivity (Wildman–Crippen MR) is 176 cm³/mol. The lowest BCUT2D eigenvalue weighted by Gasteiger charge is -2.37. The quantitative estimate of drug-likeness (QED) is 0.213. The zero-order valence-electron chi connectivity index (χ0n) is 23.8. The van der Waals surface area contributed by atoms with E-state index < -0.39 is 11.2 Å². The van der Waals surface area contributed by atoms with E-state index in [4.69, 9.17) is 9.07 Å². The number of aliphatic hydroxyl groups is 1. The van der Waals surface area contributed by atoms with Crippen LogP contribution in [0.25, 0.3) is 69.6 Å². The largest absolute Gasteiger partial charge is 0.454 e. The van der Waals surface area contributed by atoms with Crippen LogP contribution in [0.1, 0.15) is 27.7 Å². The van der Waals surface area contributed by atoms with Crippen LogP contribution in [0, 0.1) is 0 Å². The lowest BCUT2D eigenvalue weighted by molar-refractivity contribution is -0.0893. The summed E-state index contributed by atoms with van der Waals surface area (Å²) in [7, 11) is 1.69. The van der Waals surface area contributed by atoms with Crippen LogP contribution in [-0.2, 0) is 4.65 Å². The van der Waals surface area contributed by atoms with Gasteiger partial charge in [0, 0.05) is 53.6 Å². The van der Waals surface area contributed by atoms with Gasteiger partial charge in [0.05, 0.1) is 28.4 Å². The molecule has 42 heavy (non-hydrogen) atoms. The van der Waals surface area contributed by atoms with Gasteiger partial charge in [0.15, 0.2) is 5.58 Å². The topological polar surface area (TPSA) is 60.4 Å². The van der Waals surface area contributed by atoms with Gasteiger partial charge in [-0.25, -0.2) is 0 Å². The first-order chi connectivity index (χ1) is 20.2. The fraction of sp³-hybridized carbons (Fsp3) is 0.171. The molecule has 0 fully saturated rings. The van der Waals surface area contributed by atoms with Crippen LogP contribution in [0.5, 0.6) is 0 Å². The minimum Gasteiger partial charge on any atom is -0.454 e. The van der Waals surface area contributed by atoms with Gasteiger partial charge in [0.25, 0.3) is 0 Å². The molecule has 4 aromatic carbocycles. The Morgan fingerprint density at radius 3 is 2.38 bits per heavy atom. The number of para-hydroxylation sites is 1. The fourth-order valence-electron chi connectivity index (χ4n) is 5.79. The molecule has 0 saturated carbocycles. The Kier molecular flexibility index (Phi) is 5.42. The molecular weight excluding hydrogens is 539 g/mol. The van der Waals surface area contributed by atoms with E-state index in [0.29, 0.717) is 5.58 Å². The molecule has 205 valence electrons. The molecule has 0 atom stereocenters.